The van der Waals surface area contributed by atoms with Gasteiger partial charge in [-0.15, -0.1) is 0 Å². The zero-order valence-corrected chi connectivity index (χ0v) is 6.62. The lowest BCUT2D eigenvalue weighted by Gasteiger charge is -1.77. The SMILES string of the molecule is CCO[SiH3].[Si]. The van der Waals surface area contributed by atoms with Crippen LogP contribution in [0.1, 0.15) is 6.92 Å². The van der Waals surface area contributed by atoms with Crippen molar-refractivity contribution in [3.8, 4) is 0 Å². The lowest BCUT2D eigenvalue weighted by atomic mass is 10.9. The van der Waals surface area contributed by atoms with Gasteiger partial charge in [0.15, 0.2) is 0 Å². The van der Waals surface area contributed by atoms with E-state index >= 15 is 0 Å². The van der Waals surface area contributed by atoms with Gasteiger partial charge in [0.25, 0.3) is 0 Å². The minimum absolute atomic E-state index is 0. The molecule has 0 amide bonds. The van der Waals surface area contributed by atoms with E-state index < -0.39 is 0 Å². The minimum atomic E-state index is 0. The zero-order valence-electron chi connectivity index (χ0n) is 3.62. The van der Waals surface area contributed by atoms with Crippen molar-refractivity contribution in [2.24, 2.45) is 0 Å². The van der Waals surface area contributed by atoms with Gasteiger partial charge in [-0.05, 0) is 6.92 Å². The van der Waals surface area contributed by atoms with E-state index in [0.717, 1.165) is 17.1 Å². The Morgan fingerprint density at radius 2 is 2.00 bits per heavy atom. The molecule has 5 heavy (non-hydrogen) atoms. The summed E-state index contributed by atoms with van der Waals surface area (Å²) >= 11 is 0. The summed E-state index contributed by atoms with van der Waals surface area (Å²) in [5, 5.41) is 0. The van der Waals surface area contributed by atoms with Crippen LogP contribution in [0, 0.1) is 0 Å². The van der Waals surface area contributed by atoms with Gasteiger partial charge in [-0.1, -0.05) is 0 Å². The topological polar surface area (TPSA) is 9.23 Å². The standard InChI is InChI=1S/C2H8OSi.Si/c1-2-3-4;/h2H2,1,4H3;. The highest BCUT2D eigenvalue weighted by molar-refractivity contribution is 5.97. The summed E-state index contributed by atoms with van der Waals surface area (Å²) in [6.07, 6.45) is 0. The molecule has 0 aliphatic carbocycles. The van der Waals surface area contributed by atoms with E-state index in [0.29, 0.717) is 0 Å². The lowest BCUT2D eigenvalue weighted by Crippen LogP contribution is -1.76. The highest BCUT2D eigenvalue weighted by Gasteiger charge is 1.51. The molecule has 0 fully saturated rings. The van der Waals surface area contributed by atoms with Gasteiger partial charge >= 0.3 is 0 Å². The Balaban J connectivity index is 0. The quantitative estimate of drug-likeness (QED) is 0.385. The van der Waals surface area contributed by atoms with Gasteiger partial charge in [-0.3, -0.25) is 0 Å². The fraction of sp³-hybridized carbons (Fsp3) is 1.00. The van der Waals surface area contributed by atoms with Gasteiger partial charge in [0.05, 0.1) is 0 Å². The third-order valence-corrected chi connectivity index (χ3v) is 0.866. The van der Waals surface area contributed by atoms with Crippen molar-refractivity contribution in [3.05, 3.63) is 0 Å². The molecule has 0 aliphatic heterocycles. The average molecular weight is 104 g/mol. The third kappa shape index (κ3) is 13.0. The van der Waals surface area contributed by atoms with Crippen molar-refractivity contribution < 1.29 is 4.43 Å². The predicted molar refractivity (Wildman–Crippen MR) is 27.3 cm³/mol. The number of rotatable bonds is 1. The molecule has 0 aromatic carbocycles. The molecule has 3 heteroatoms. The summed E-state index contributed by atoms with van der Waals surface area (Å²) < 4.78 is 4.68. The molecule has 1 nitrogen and oxygen atoms in total. The van der Waals surface area contributed by atoms with Crippen LogP contribution in [0.3, 0.4) is 0 Å². The molecule has 4 radical (unpaired) electrons. The van der Waals surface area contributed by atoms with E-state index in [1.54, 1.807) is 0 Å². The first kappa shape index (κ1) is 9.04. The molecule has 0 bridgehead atoms. The van der Waals surface area contributed by atoms with Crippen LogP contribution in [0.2, 0.25) is 0 Å². The molecule has 30 valence electrons. The van der Waals surface area contributed by atoms with Gasteiger partial charge in [0.1, 0.15) is 10.5 Å². The Morgan fingerprint density at radius 3 is 2.00 bits per heavy atom. The van der Waals surface area contributed by atoms with E-state index in [-0.39, 0.29) is 11.0 Å². The first-order valence-electron chi connectivity index (χ1n) is 1.40. The third-order valence-electron chi connectivity index (χ3n) is 0.289. The van der Waals surface area contributed by atoms with E-state index in [1.807, 2.05) is 6.92 Å². The summed E-state index contributed by atoms with van der Waals surface area (Å²) in [7, 11) is 0.890. The van der Waals surface area contributed by atoms with Crippen molar-refractivity contribution in [3.63, 3.8) is 0 Å². The molecule has 0 aromatic heterocycles. The van der Waals surface area contributed by atoms with E-state index in [9.17, 15) is 0 Å². The van der Waals surface area contributed by atoms with Crippen LogP contribution in [0.5, 0.6) is 0 Å². The van der Waals surface area contributed by atoms with Crippen molar-refractivity contribution in [2.75, 3.05) is 6.61 Å². The van der Waals surface area contributed by atoms with Crippen molar-refractivity contribution in [2.45, 2.75) is 6.92 Å². The smallest absolute Gasteiger partial charge is 0.145 e. The lowest BCUT2D eigenvalue weighted by molar-refractivity contribution is 0.375. The van der Waals surface area contributed by atoms with E-state index in [2.05, 4.69) is 4.43 Å². The maximum atomic E-state index is 4.68. The Kier molecular flexibility index (Phi) is 16.0. The number of hydrogen-bond acceptors (Lipinski definition) is 1. The Labute approximate surface area is 40.3 Å². The summed E-state index contributed by atoms with van der Waals surface area (Å²) in [5.41, 5.74) is 0. The van der Waals surface area contributed by atoms with E-state index in [4.69, 9.17) is 0 Å². The highest BCUT2D eigenvalue weighted by Crippen LogP contribution is 1.50. The normalized spacial score (nSPS) is 6.60. The van der Waals surface area contributed by atoms with Gasteiger partial charge in [-0.2, -0.15) is 0 Å². The number of hydrogen-bond donors (Lipinski definition) is 0. The molecule has 0 rings (SSSR count). The molecule has 0 heterocycles. The molecule has 0 aliphatic rings. The van der Waals surface area contributed by atoms with Crippen LogP contribution in [-0.4, -0.2) is 28.1 Å². The van der Waals surface area contributed by atoms with Crippen LogP contribution < -0.4 is 0 Å². The zero-order chi connectivity index (χ0) is 3.41. The summed E-state index contributed by atoms with van der Waals surface area (Å²) in [6, 6.07) is 0. The monoisotopic (exact) mass is 104 g/mol. The van der Waals surface area contributed by atoms with Crippen LogP contribution >= 0.6 is 0 Å². The molecule has 0 spiro atoms. The maximum absolute atomic E-state index is 4.68. The van der Waals surface area contributed by atoms with Gasteiger partial charge in [0.2, 0.25) is 0 Å². The Bertz CT molecular complexity index is 9.61. The van der Waals surface area contributed by atoms with Crippen LogP contribution in [0.25, 0.3) is 0 Å². The predicted octanol–water partition coefficient (Wildman–Crippen LogP) is -1.08. The maximum Gasteiger partial charge on any atom is 0.145 e. The summed E-state index contributed by atoms with van der Waals surface area (Å²) in [5.74, 6) is 0. The second kappa shape index (κ2) is 8.83. The molecular weight excluding hydrogens is 96.2 g/mol. The first-order valence-corrected chi connectivity index (χ1v) is 2.22. The van der Waals surface area contributed by atoms with Crippen molar-refractivity contribution in [1.82, 2.24) is 0 Å². The Morgan fingerprint density at radius 1 is 1.80 bits per heavy atom. The van der Waals surface area contributed by atoms with Crippen LogP contribution in [0.4, 0.5) is 0 Å². The highest BCUT2D eigenvalue weighted by atomic mass is 28.2. The largest absolute Gasteiger partial charge is 0.428 e. The second-order valence-electron chi connectivity index (χ2n) is 0.577. The molecule has 0 saturated heterocycles. The van der Waals surface area contributed by atoms with Crippen molar-refractivity contribution in [1.29, 1.82) is 0 Å². The molecule has 0 aromatic rings. The van der Waals surface area contributed by atoms with E-state index in [1.165, 1.54) is 0 Å². The Hall–Kier alpha value is 0.394. The summed E-state index contributed by atoms with van der Waals surface area (Å²) in [4.78, 5) is 0. The molecular formula is C2H8OSi2. The first-order chi connectivity index (χ1) is 1.91. The summed E-state index contributed by atoms with van der Waals surface area (Å²) in [6.45, 7) is 2.87. The molecule has 0 saturated carbocycles. The fourth-order valence-electron chi connectivity index (χ4n) is 0. The van der Waals surface area contributed by atoms with Gasteiger partial charge in [-0.25, -0.2) is 0 Å². The molecule has 0 unspecified atom stereocenters. The molecule has 0 N–H and O–H groups in total. The van der Waals surface area contributed by atoms with Crippen LogP contribution in [-0.2, 0) is 4.43 Å². The van der Waals surface area contributed by atoms with Gasteiger partial charge in [0, 0.05) is 17.6 Å². The molecule has 0 atom stereocenters. The van der Waals surface area contributed by atoms with Crippen molar-refractivity contribution >= 4 is 21.5 Å². The van der Waals surface area contributed by atoms with Gasteiger partial charge < -0.3 is 4.43 Å². The van der Waals surface area contributed by atoms with Crippen LogP contribution in [0.15, 0.2) is 0 Å². The fourth-order valence-corrected chi connectivity index (χ4v) is 0. The second-order valence-corrected chi connectivity index (χ2v) is 1.15. The minimum Gasteiger partial charge on any atom is -0.428 e. The average Bonchev–Trinajstić information content (AvgIpc) is 1.37.